The molecule has 0 saturated heterocycles. The van der Waals surface area contributed by atoms with E-state index in [1.54, 1.807) is 0 Å². The number of hydrogen-bond donors (Lipinski definition) is 1. The van der Waals surface area contributed by atoms with Gasteiger partial charge in [0.25, 0.3) is 0 Å². The Balaban J connectivity index is 3.29. The largest absolute Gasteiger partial charge is 0.330 e. The predicted octanol–water partition coefficient (Wildman–Crippen LogP) is 6.84. The van der Waals surface area contributed by atoms with Gasteiger partial charge in [0.1, 0.15) is 0 Å². The second-order valence-corrected chi connectivity index (χ2v) is 6.99. The molecule has 2 N–H and O–H groups in total. The molecule has 0 unspecified atom stereocenters. The van der Waals surface area contributed by atoms with Crippen molar-refractivity contribution >= 4 is 0 Å². The van der Waals surface area contributed by atoms with Gasteiger partial charge in [-0.25, -0.2) is 0 Å². The fourth-order valence-corrected chi connectivity index (χ4v) is 3.52. The van der Waals surface area contributed by atoms with Gasteiger partial charge in [-0.1, -0.05) is 104 Å². The summed E-state index contributed by atoms with van der Waals surface area (Å²) in [5, 5.41) is 0. The molecule has 0 aliphatic heterocycles. The van der Waals surface area contributed by atoms with Gasteiger partial charge in [0.2, 0.25) is 0 Å². The standard InChI is InChI=1S/C20H43N/c1-4-20(5-2,6-3)18-16-14-12-10-8-7-9-11-13-15-17-19-21/h4-19,21H2,1-3H3. The first-order chi connectivity index (χ1) is 10.2. The average Bonchev–Trinajstić information content (AvgIpc) is 2.53. The third-order valence-corrected chi connectivity index (χ3v) is 5.66. The summed E-state index contributed by atoms with van der Waals surface area (Å²) >= 11 is 0. The summed E-state index contributed by atoms with van der Waals surface area (Å²) in [5.74, 6) is 0. The maximum absolute atomic E-state index is 5.50. The van der Waals surface area contributed by atoms with Gasteiger partial charge < -0.3 is 5.73 Å². The van der Waals surface area contributed by atoms with Crippen LogP contribution in [0.2, 0.25) is 0 Å². The zero-order valence-electron chi connectivity index (χ0n) is 15.4. The topological polar surface area (TPSA) is 26.0 Å². The summed E-state index contributed by atoms with van der Waals surface area (Å²) in [5.41, 5.74) is 6.16. The van der Waals surface area contributed by atoms with Crippen molar-refractivity contribution in [3.05, 3.63) is 0 Å². The third kappa shape index (κ3) is 11.2. The van der Waals surface area contributed by atoms with Crippen LogP contribution in [0, 0.1) is 5.41 Å². The van der Waals surface area contributed by atoms with E-state index in [0.717, 1.165) is 6.54 Å². The number of rotatable bonds is 16. The van der Waals surface area contributed by atoms with Crippen molar-refractivity contribution in [1.29, 1.82) is 0 Å². The Bertz CT molecular complexity index is 188. The molecule has 0 spiro atoms. The van der Waals surface area contributed by atoms with Crippen LogP contribution in [0.1, 0.15) is 117 Å². The Morgan fingerprint density at radius 1 is 0.524 bits per heavy atom. The van der Waals surface area contributed by atoms with Gasteiger partial charge >= 0.3 is 0 Å². The molecule has 0 saturated carbocycles. The Hall–Kier alpha value is -0.0400. The molecule has 0 fully saturated rings. The molecule has 0 bridgehead atoms. The maximum atomic E-state index is 5.50. The van der Waals surface area contributed by atoms with Crippen molar-refractivity contribution in [2.45, 2.75) is 117 Å². The molecule has 0 heterocycles. The summed E-state index contributed by atoms with van der Waals surface area (Å²) in [6.07, 6.45) is 21.1. The van der Waals surface area contributed by atoms with Crippen molar-refractivity contribution in [2.75, 3.05) is 6.54 Å². The maximum Gasteiger partial charge on any atom is -0.00773 e. The zero-order valence-corrected chi connectivity index (χ0v) is 15.4. The molecule has 0 aromatic heterocycles. The molecule has 0 aliphatic rings. The fraction of sp³-hybridized carbons (Fsp3) is 1.00. The number of nitrogens with two attached hydrogens (primary N) is 1. The molecular weight excluding hydrogens is 254 g/mol. The van der Waals surface area contributed by atoms with Gasteiger partial charge in [0.15, 0.2) is 0 Å². The van der Waals surface area contributed by atoms with Crippen LogP contribution < -0.4 is 5.73 Å². The van der Waals surface area contributed by atoms with Crippen LogP contribution >= 0.6 is 0 Å². The number of unbranched alkanes of at least 4 members (excludes halogenated alkanes) is 10. The van der Waals surface area contributed by atoms with Gasteiger partial charge in [-0.15, -0.1) is 0 Å². The monoisotopic (exact) mass is 297 g/mol. The van der Waals surface area contributed by atoms with Crippen LogP contribution in [0.25, 0.3) is 0 Å². The average molecular weight is 298 g/mol. The van der Waals surface area contributed by atoms with Gasteiger partial charge in [-0.2, -0.15) is 0 Å². The second-order valence-electron chi connectivity index (χ2n) is 6.99. The Morgan fingerprint density at radius 3 is 1.19 bits per heavy atom. The minimum absolute atomic E-state index is 0.656. The first kappa shape index (κ1) is 21.0. The first-order valence-corrected chi connectivity index (χ1v) is 9.94. The summed E-state index contributed by atoms with van der Waals surface area (Å²) in [6.45, 7) is 8.00. The van der Waals surface area contributed by atoms with Crippen LogP contribution in [0.3, 0.4) is 0 Å². The van der Waals surface area contributed by atoms with Crippen LogP contribution in [0.15, 0.2) is 0 Å². The van der Waals surface area contributed by atoms with Crippen molar-refractivity contribution in [3.63, 3.8) is 0 Å². The lowest BCUT2D eigenvalue weighted by atomic mass is 9.75. The Labute approximate surface area is 135 Å². The third-order valence-electron chi connectivity index (χ3n) is 5.66. The smallest absolute Gasteiger partial charge is 0.00773 e. The van der Waals surface area contributed by atoms with Gasteiger partial charge in [0, 0.05) is 0 Å². The lowest BCUT2D eigenvalue weighted by Gasteiger charge is -2.30. The van der Waals surface area contributed by atoms with Crippen LogP contribution in [-0.2, 0) is 0 Å². The lowest BCUT2D eigenvalue weighted by molar-refractivity contribution is 0.220. The van der Waals surface area contributed by atoms with Crippen LogP contribution in [-0.4, -0.2) is 6.54 Å². The molecule has 1 nitrogen and oxygen atoms in total. The molecule has 1 heteroatoms. The van der Waals surface area contributed by atoms with Crippen LogP contribution in [0.4, 0.5) is 0 Å². The highest BCUT2D eigenvalue weighted by molar-refractivity contribution is 4.74. The van der Waals surface area contributed by atoms with E-state index in [0.29, 0.717) is 5.41 Å². The normalized spacial score (nSPS) is 12.0. The van der Waals surface area contributed by atoms with E-state index in [2.05, 4.69) is 20.8 Å². The van der Waals surface area contributed by atoms with Gasteiger partial charge in [-0.3, -0.25) is 0 Å². The molecule has 21 heavy (non-hydrogen) atoms. The van der Waals surface area contributed by atoms with E-state index in [-0.39, 0.29) is 0 Å². The molecule has 0 rings (SSSR count). The molecule has 0 amide bonds. The molecular formula is C20H43N. The van der Waals surface area contributed by atoms with Crippen molar-refractivity contribution < 1.29 is 0 Å². The van der Waals surface area contributed by atoms with Crippen molar-refractivity contribution in [2.24, 2.45) is 11.1 Å². The quantitative estimate of drug-likeness (QED) is 0.310. The van der Waals surface area contributed by atoms with E-state index in [4.69, 9.17) is 5.73 Å². The van der Waals surface area contributed by atoms with E-state index >= 15 is 0 Å². The highest BCUT2D eigenvalue weighted by Crippen LogP contribution is 2.36. The SMILES string of the molecule is CCC(CC)(CC)CCCCCCCCCCCCCN. The van der Waals surface area contributed by atoms with Crippen molar-refractivity contribution in [1.82, 2.24) is 0 Å². The Morgan fingerprint density at radius 2 is 0.857 bits per heavy atom. The minimum atomic E-state index is 0.656. The Kier molecular flexibility index (Phi) is 14.9. The summed E-state index contributed by atoms with van der Waals surface area (Å²) in [6, 6.07) is 0. The summed E-state index contributed by atoms with van der Waals surface area (Å²) in [4.78, 5) is 0. The molecule has 0 aromatic rings. The van der Waals surface area contributed by atoms with Crippen LogP contribution in [0.5, 0.6) is 0 Å². The molecule has 0 aliphatic carbocycles. The molecule has 0 aromatic carbocycles. The van der Waals surface area contributed by atoms with E-state index in [9.17, 15) is 0 Å². The molecule has 0 atom stereocenters. The molecule has 128 valence electrons. The van der Waals surface area contributed by atoms with E-state index in [1.165, 1.54) is 96.3 Å². The first-order valence-electron chi connectivity index (χ1n) is 9.94. The highest BCUT2D eigenvalue weighted by Gasteiger charge is 2.22. The predicted molar refractivity (Wildman–Crippen MR) is 97.8 cm³/mol. The zero-order chi connectivity index (χ0) is 15.8. The lowest BCUT2D eigenvalue weighted by Crippen LogP contribution is -2.17. The van der Waals surface area contributed by atoms with Gasteiger partial charge in [-0.05, 0) is 24.8 Å². The summed E-state index contributed by atoms with van der Waals surface area (Å²) < 4.78 is 0. The minimum Gasteiger partial charge on any atom is -0.330 e. The number of hydrogen-bond acceptors (Lipinski definition) is 1. The second kappa shape index (κ2) is 14.9. The van der Waals surface area contributed by atoms with Gasteiger partial charge in [0.05, 0.1) is 0 Å². The van der Waals surface area contributed by atoms with E-state index in [1.807, 2.05) is 0 Å². The van der Waals surface area contributed by atoms with E-state index < -0.39 is 0 Å². The molecule has 0 radical (unpaired) electrons. The van der Waals surface area contributed by atoms with Crippen molar-refractivity contribution in [3.8, 4) is 0 Å². The fourth-order valence-electron chi connectivity index (χ4n) is 3.52. The highest BCUT2D eigenvalue weighted by atomic mass is 14.5. The summed E-state index contributed by atoms with van der Waals surface area (Å²) in [7, 11) is 0.